The van der Waals surface area contributed by atoms with Gasteiger partial charge in [-0.1, -0.05) is 11.6 Å². The van der Waals surface area contributed by atoms with E-state index in [0.717, 1.165) is 0 Å². The molecule has 0 aliphatic carbocycles. The molecule has 240 valence electrons. The Morgan fingerprint density at radius 1 is 1.17 bits per heavy atom. The minimum absolute atomic E-state index is 0.104. The van der Waals surface area contributed by atoms with Gasteiger partial charge in [0.25, 0.3) is 6.43 Å². The van der Waals surface area contributed by atoms with E-state index in [2.05, 4.69) is 15.2 Å². The summed E-state index contributed by atoms with van der Waals surface area (Å²) in [5, 5.41) is 15.1. The van der Waals surface area contributed by atoms with E-state index in [1.54, 1.807) is 27.7 Å². The lowest BCUT2D eigenvalue weighted by Gasteiger charge is -2.35. The van der Waals surface area contributed by atoms with Crippen molar-refractivity contribution in [2.45, 2.75) is 96.1 Å². The number of hydrogen-bond donors (Lipinski definition) is 4. The summed E-state index contributed by atoms with van der Waals surface area (Å²) in [5.74, 6) is -6.70. The van der Waals surface area contributed by atoms with Crippen molar-refractivity contribution in [3.8, 4) is 0 Å². The zero-order valence-corrected chi connectivity index (χ0v) is 25.8. The second kappa shape index (κ2) is 13.8. The number of aromatic nitrogens is 2. The summed E-state index contributed by atoms with van der Waals surface area (Å²) in [6.07, 6.45) is -10.4. The largest absolute Gasteiger partial charge is 0.462 e. The van der Waals surface area contributed by atoms with Gasteiger partial charge in [0.1, 0.15) is 17.9 Å². The molecule has 0 bridgehead atoms. The van der Waals surface area contributed by atoms with Crippen LogP contribution in [-0.2, 0) is 40.1 Å². The van der Waals surface area contributed by atoms with Crippen molar-refractivity contribution in [3.63, 3.8) is 0 Å². The summed E-state index contributed by atoms with van der Waals surface area (Å²) in [6.45, 7) is 3.36. The maximum atomic E-state index is 15.3. The number of alkyl halides is 4. The number of carbonyl (C=O) groups excluding carboxylic acids is 2. The summed E-state index contributed by atoms with van der Waals surface area (Å²) >= 11 is 11.2. The highest BCUT2D eigenvalue weighted by atomic mass is 35.5. The molecule has 1 aromatic rings. The van der Waals surface area contributed by atoms with E-state index in [-0.39, 0.29) is 4.57 Å². The molecule has 0 saturated carbocycles. The van der Waals surface area contributed by atoms with Crippen molar-refractivity contribution in [2.75, 3.05) is 12.3 Å². The molecule has 0 radical (unpaired) electrons. The van der Waals surface area contributed by atoms with Crippen LogP contribution in [0.2, 0.25) is 5.02 Å². The van der Waals surface area contributed by atoms with Crippen LogP contribution in [0.3, 0.4) is 0 Å². The zero-order chi connectivity index (χ0) is 32.4. The molecule has 1 aromatic heterocycles. The number of esters is 2. The number of rotatable bonds is 13. The third-order valence-electron chi connectivity index (χ3n) is 5.65. The Hall–Kier alpha value is -1.92. The van der Waals surface area contributed by atoms with Crippen molar-refractivity contribution in [3.05, 3.63) is 21.7 Å². The molecule has 0 aromatic carbocycles. The van der Waals surface area contributed by atoms with Gasteiger partial charge in [-0.2, -0.15) is 13.8 Å². The van der Waals surface area contributed by atoms with Crippen molar-refractivity contribution in [1.82, 2.24) is 19.7 Å². The van der Waals surface area contributed by atoms with Crippen LogP contribution < -0.4 is 21.6 Å². The highest BCUT2D eigenvalue weighted by Crippen LogP contribution is 2.52. The number of halogens is 5. The van der Waals surface area contributed by atoms with E-state index in [1.165, 1.54) is 13.8 Å². The molecule has 42 heavy (non-hydrogen) atoms. The van der Waals surface area contributed by atoms with Gasteiger partial charge in [0.15, 0.2) is 18.3 Å². The van der Waals surface area contributed by atoms with E-state index < -0.39 is 96.2 Å². The van der Waals surface area contributed by atoms with Crippen LogP contribution in [0.25, 0.3) is 0 Å². The Kier molecular flexibility index (Phi) is 11.9. The lowest BCUT2D eigenvalue weighted by Crippen LogP contribution is -2.55. The quantitative estimate of drug-likeness (QED) is 0.137. The minimum Gasteiger partial charge on any atom is -0.462 e. The summed E-state index contributed by atoms with van der Waals surface area (Å²) in [4.78, 5) is 40.4. The third-order valence-corrected chi connectivity index (χ3v) is 8.84. The van der Waals surface area contributed by atoms with Gasteiger partial charge < -0.3 is 29.6 Å². The van der Waals surface area contributed by atoms with Crippen LogP contribution in [0.5, 0.6) is 0 Å². The Morgan fingerprint density at radius 2 is 1.64 bits per heavy atom. The number of nitrogens with zero attached hydrogens (tertiary/aromatic N) is 2. The monoisotopic (exact) mass is 669 g/mol. The predicted octanol–water partition coefficient (Wildman–Crippen LogP) is 2.11. The van der Waals surface area contributed by atoms with Gasteiger partial charge in [0, 0.05) is 6.20 Å². The molecule has 1 saturated heterocycles. The maximum absolute atomic E-state index is 15.3. The molecule has 20 heteroatoms. The summed E-state index contributed by atoms with van der Waals surface area (Å²) in [7, 11) is 0. The van der Waals surface area contributed by atoms with E-state index >= 15 is 8.78 Å². The molecule has 5 N–H and O–H groups in total. The number of hydrogen-bond acceptors (Lipinski definition) is 11. The normalized spacial score (nSPS) is 23.8. The van der Waals surface area contributed by atoms with E-state index in [4.69, 9.17) is 47.9 Å². The molecule has 1 aliphatic heterocycles. The van der Waals surface area contributed by atoms with Gasteiger partial charge in [-0.15, -0.1) is 0 Å². The molecule has 2 heterocycles. The van der Waals surface area contributed by atoms with Crippen LogP contribution in [0.15, 0.2) is 11.0 Å². The smallest absolute Gasteiger partial charge is 0.351 e. The standard InChI is InChI=1S/C22H33ClF4N5O8PS/c1-9(2)38-15(33)11(5)30-41(42,31-12(6)16(34)39-10(3)4)37-8-21(18(24)25)17(35)22(26,27)19(40-21)32-7-13(23)14(28)29-20(32)36/h7,9-12,17-19,35H,8H2,1-6H3,(H2,28,29,36)(H2,30,31,42)/t11-,12-,17+,19+,21+/m0/s1. The van der Waals surface area contributed by atoms with Gasteiger partial charge in [-0.25, -0.2) is 23.7 Å². The molecule has 13 nitrogen and oxygen atoms in total. The van der Waals surface area contributed by atoms with Crippen molar-refractivity contribution >= 4 is 47.7 Å². The fourth-order valence-corrected chi connectivity index (χ4v) is 6.71. The first-order chi connectivity index (χ1) is 19.2. The number of nitrogen functional groups attached to an aromatic ring is 1. The Balaban J connectivity index is 2.47. The first kappa shape index (κ1) is 36.3. The molecule has 0 unspecified atom stereocenters. The van der Waals surface area contributed by atoms with Crippen molar-refractivity contribution in [1.29, 1.82) is 0 Å². The fourth-order valence-electron chi connectivity index (χ4n) is 3.61. The van der Waals surface area contributed by atoms with Gasteiger partial charge in [0.2, 0.25) is 6.23 Å². The summed E-state index contributed by atoms with van der Waals surface area (Å²) in [5.41, 5.74) is 0.492. The lowest BCUT2D eigenvalue weighted by molar-refractivity contribution is -0.191. The molecule has 0 amide bonds. The van der Waals surface area contributed by atoms with Crippen LogP contribution >= 0.6 is 18.2 Å². The Morgan fingerprint density at radius 3 is 2.07 bits per heavy atom. The number of aliphatic hydroxyl groups is 1. The molecule has 5 atom stereocenters. The first-order valence-corrected chi connectivity index (χ1v) is 15.5. The zero-order valence-electron chi connectivity index (χ0n) is 23.3. The molecular formula is C22H33ClF4N5O8PS. The minimum atomic E-state index is -4.52. The first-order valence-electron chi connectivity index (χ1n) is 12.4. The highest BCUT2D eigenvalue weighted by Gasteiger charge is 2.71. The molecule has 1 aliphatic rings. The fraction of sp³-hybridized carbons (Fsp3) is 0.727. The van der Waals surface area contributed by atoms with Gasteiger partial charge in [0.05, 0.1) is 23.8 Å². The van der Waals surface area contributed by atoms with Crippen molar-refractivity contribution in [2.24, 2.45) is 0 Å². The second-order valence-electron chi connectivity index (χ2n) is 9.96. The average Bonchev–Trinajstić information content (AvgIpc) is 3.05. The Labute approximate surface area is 248 Å². The summed E-state index contributed by atoms with van der Waals surface area (Å²) < 4.78 is 80.3. The topological polar surface area (TPSA) is 176 Å². The Bertz CT molecular complexity index is 1230. The van der Waals surface area contributed by atoms with E-state index in [9.17, 15) is 28.3 Å². The number of nitrogens with two attached hydrogens (primary N) is 1. The van der Waals surface area contributed by atoms with Crippen molar-refractivity contribution < 1.29 is 51.0 Å². The molecule has 0 spiro atoms. The second-order valence-corrected chi connectivity index (χ2v) is 13.8. The number of carbonyl (C=O) groups is 2. The molecule has 2 rings (SSSR count). The van der Waals surface area contributed by atoms with Crippen LogP contribution in [0.4, 0.5) is 23.4 Å². The average molecular weight is 670 g/mol. The van der Waals surface area contributed by atoms with E-state index in [0.29, 0.717) is 6.20 Å². The van der Waals surface area contributed by atoms with Gasteiger partial charge in [-0.05, 0) is 53.3 Å². The number of anilines is 1. The lowest BCUT2D eigenvalue weighted by atomic mass is 9.96. The number of nitrogens with one attached hydrogen (secondary N) is 2. The van der Waals surface area contributed by atoms with Crippen LogP contribution in [-0.4, -0.2) is 81.5 Å². The predicted molar refractivity (Wildman–Crippen MR) is 146 cm³/mol. The van der Waals surface area contributed by atoms with Crippen LogP contribution in [0, 0.1) is 0 Å². The SMILES string of the molecule is CC(C)OC(=O)[C@H](C)NP(=S)(N[C@@H](C)C(=O)OC(C)C)OC[C@@]1(C(F)F)O[C@@H](n2cc(Cl)c(N)nc2=O)C(F)(F)[C@@H]1O. The number of aliphatic hydroxyl groups excluding tert-OH is 1. The van der Waals surface area contributed by atoms with Gasteiger partial charge >= 0.3 is 23.6 Å². The third kappa shape index (κ3) is 8.16. The molecule has 1 fully saturated rings. The van der Waals surface area contributed by atoms with Crippen LogP contribution in [0.1, 0.15) is 47.8 Å². The highest BCUT2D eigenvalue weighted by molar-refractivity contribution is 8.10. The number of ether oxygens (including phenoxy) is 3. The summed E-state index contributed by atoms with van der Waals surface area (Å²) in [6, 6.07) is -2.49. The van der Waals surface area contributed by atoms with Gasteiger partial charge in [-0.3, -0.25) is 14.2 Å². The van der Waals surface area contributed by atoms with E-state index in [1.807, 2.05) is 0 Å². The molecular weight excluding hydrogens is 637 g/mol. The maximum Gasteiger partial charge on any atom is 0.351 e.